The van der Waals surface area contributed by atoms with Crippen LogP contribution in [-0.2, 0) is 12.8 Å². The fourth-order valence-electron chi connectivity index (χ4n) is 3.07. The molecule has 0 atom stereocenters. The van der Waals surface area contributed by atoms with E-state index in [1.54, 1.807) is 0 Å². The lowest BCUT2D eigenvalue weighted by atomic mass is 10.1. The van der Waals surface area contributed by atoms with Gasteiger partial charge in [0.05, 0.1) is 6.54 Å². The van der Waals surface area contributed by atoms with Gasteiger partial charge in [-0.15, -0.1) is 0 Å². The zero-order valence-corrected chi connectivity index (χ0v) is 14.0. The monoisotopic (exact) mass is 328 g/mol. The maximum absolute atomic E-state index is 4.78. The molecular formula is C21H20N4. The number of nitrogens with zero attached hydrogens (tertiary/aromatic N) is 4. The van der Waals surface area contributed by atoms with E-state index in [0.29, 0.717) is 0 Å². The van der Waals surface area contributed by atoms with E-state index >= 15 is 0 Å². The van der Waals surface area contributed by atoms with E-state index in [2.05, 4.69) is 51.3 Å². The van der Waals surface area contributed by atoms with Crippen molar-refractivity contribution in [3.05, 3.63) is 89.9 Å². The summed E-state index contributed by atoms with van der Waals surface area (Å²) in [5.74, 6) is 2.86. The van der Waals surface area contributed by atoms with E-state index in [1.165, 1.54) is 11.1 Å². The van der Waals surface area contributed by atoms with Gasteiger partial charge in [-0.2, -0.15) is 0 Å². The largest absolute Gasteiger partial charge is 0.313 e. The Balaban J connectivity index is 1.53. The molecule has 0 saturated carbocycles. The van der Waals surface area contributed by atoms with Crippen LogP contribution in [0.5, 0.6) is 0 Å². The second kappa shape index (κ2) is 7.26. The lowest BCUT2D eigenvalue weighted by Gasteiger charge is -2.20. The van der Waals surface area contributed by atoms with Crippen LogP contribution < -0.4 is 4.90 Å². The molecule has 1 aliphatic rings. The molecular weight excluding hydrogens is 308 g/mol. The fourth-order valence-corrected chi connectivity index (χ4v) is 3.07. The van der Waals surface area contributed by atoms with Gasteiger partial charge in [0.2, 0.25) is 0 Å². The minimum absolute atomic E-state index is 0.744. The maximum Gasteiger partial charge on any atom is 0.137 e. The van der Waals surface area contributed by atoms with Crippen molar-refractivity contribution < 1.29 is 0 Å². The molecule has 3 aromatic rings. The van der Waals surface area contributed by atoms with E-state index in [1.807, 2.05) is 36.5 Å². The topological polar surface area (TPSA) is 41.4 Å². The fraction of sp³-hybridized carbons (Fsp3) is 0.190. The molecule has 0 radical (unpaired) electrons. The number of aliphatic imine (C=N–C) groups is 1. The predicted molar refractivity (Wildman–Crippen MR) is 101 cm³/mol. The van der Waals surface area contributed by atoms with Gasteiger partial charge in [-0.3, -0.25) is 4.99 Å². The van der Waals surface area contributed by atoms with Crippen molar-refractivity contribution >= 4 is 11.7 Å². The van der Waals surface area contributed by atoms with E-state index in [0.717, 1.165) is 43.4 Å². The molecule has 0 fully saturated rings. The summed E-state index contributed by atoms with van der Waals surface area (Å²) in [7, 11) is 0. The Bertz CT molecular complexity index is 859. The number of hydrogen-bond acceptors (Lipinski definition) is 4. The molecule has 1 aliphatic heterocycles. The maximum atomic E-state index is 4.78. The Labute approximate surface area is 147 Å². The van der Waals surface area contributed by atoms with Gasteiger partial charge in [-0.05, 0) is 17.2 Å². The molecule has 4 nitrogen and oxygen atoms in total. The van der Waals surface area contributed by atoms with Crippen LogP contribution in [0, 0.1) is 0 Å². The van der Waals surface area contributed by atoms with Crippen LogP contribution in [0.25, 0.3) is 0 Å². The molecule has 0 aliphatic carbocycles. The number of anilines is 1. The van der Waals surface area contributed by atoms with Gasteiger partial charge in [-0.25, -0.2) is 9.97 Å². The molecule has 25 heavy (non-hydrogen) atoms. The van der Waals surface area contributed by atoms with Crippen molar-refractivity contribution in [1.29, 1.82) is 0 Å². The average Bonchev–Trinajstić information content (AvgIpc) is 3.12. The Morgan fingerprint density at radius 2 is 1.48 bits per heavy atom. The summed E-state index contributed by atoms with van der Waals surface area (Å²) in [4.78, 5) is 16.1. The number of benzene rings is 2. The normalized spacial score (nSPS) is 13.8. The van der Waals surface area contributed by atoms with Crippen LogP contribution in [0.1, 0.15) is 17.0 Å². The van der Waals surface area contributed by atoms with Crippen LogP contribution in [0.2, 0.25) is 0 Å². The Morgan fingerprint density at radius 3 is 2.20 bits per heavy atom. The predicted octanol–water partition coefficient (Wildman–Crippen LogP) is 3.53. The number of rotatable bonds is 5. The van der Waals surface area contributed by atoms with Crippen molar-refractivity contribution in [3.63, 3.8) is 0 Å². The first-order valence-corrected chi connectivity index (χ1v) is 8.59. The van der Waals surface area contributed by atoms with Gasteiger partial charge < -0.3 is 4.90 Å². The van der Waals surface area contributed by atoms with E-state index in [4.69, 9.17) is 4.98 Å². The zero-order valence-electron chi connectivity index (χ0n) is 14.0. The average molecular weight is 328 g/mol. The highest BCUT2D eigenvalue weighted by atomic mass is 15.3. The van der Waals surface area contributed by atoms with E-state index < -0.39 is 0 Å². The molecule has 2 heterocycles. The Hall–Kier alpha value is -3.01. The Kier molecular flexibility index (Phi) is 4.51. The summed E-state index contributed by atoms with van der Waals surface area (Å²) in [6, 6.07) is 22.8. The third-order valence-electron chi connectivity index (χ3n) is 4.31. The van der Waals surface area contributed by atoms with Crippen LogP contribution in [0.4, 0.5) is 5.82 Å². The second-order valence-electron chi connectivity index (χ2n) is 6.11. The SMILES string of the molecule is c1ccc(CC2=NCCN2c2ccnc(Cc3ccccc3)n2)cc1. The summed E-state index contributed by atoms with van der Waals surface area (Å²) in [5.41, 5.74) is 2.49. The third kappa shape index (κ3) is 3.74. The van der Waals surface area contributed by atoms with Gasteiger partial charge >= 0.3 is 0 Å². The van der Waals surface area contributed by atoms with Crippen molar-refractivity contribution in [1.82, 2.24) is 9.97 Å². The van der Waals surface area contributed by atoms with Crippen LogP contribution in [0.15, 0.2) is 77.9 Å². The van der Waals surface area contributed by atoms with Crippen molar-refractivity contribution in [3.8, 4) is 0 Å². The standard InChI is InChI=1S/C21H20N4/c1-3-7-17(8-4-1)15-19-22-12-11-20(24-19)25-14-13-23-21(25)16-18-9-5-2-6-10-18/h1-12H,13-16H2. The van der Waals surface area contributed by atoms with Crippen LogP contribution in [-0.4, -0.2) is 28.9 Å². The molecule has 0 amide bonds. The minimum Gasteiger partial charge on any atom is -0.313 e. The van der Waals surface area contributed by atoms with Crippen molar-refractivity contribution in [2.24, 2.45) is 4.99 Å². The Morgan fingerprint density at radius 1 is 0.800 bits per heavy atom. The van der Waals surface area contributed by atoms with E-state index in [9.17, 15) is 0 Å². The lowest BCUT2D eigenvalue weighted by Crippen LogP contribution is -2.30. The summed E-state index contributed by atoms with van der Waals surface area (Å²) in [5, 5.41) is 0. The molecule has 4 rings (SSSR count). The molecule has 0 N–H and O–H groups in total. The molecule has 0 spiro atoms. The number of amidine groups is 1. The van der Waals surface area contributed by atoms with Crippen molar-refractivity contribution in [2.45, 2.75) is 12.8 Å². The summed E-state index contributed by atoms with van der Waals surface area (Å²) >= 11 is 0. The summed E-state index contributed by atoms with van der Waals surface area (Å²) in [6.45, 7) is 1.70. The first-order chi connectivity index (χ1) is 12.4. The van der Waals surface area contributed by atoms with Crippen LogP contribution >= 0.6 is 0 Å². The minimum atomic E-state index is 0.744. The number of hydrogen-bond donors (Lipinski definition) is 0. The number of aromatic nitrogens is 2. The molecule has 0 unspecified atom stereocenters. The molecule has 4 heteroatoms. The van der Waals surface area contributed by atoms with Gasteiger partial charge in [0.25, 0.3) is 0 Å². The highest BCUT2D eigenvalue weighted by molar-refractivity contribution is 5.99. The zero-order chi connectivity index (χ0) is 16.9. The van der Waals surface area contributed by atoms with Gasteiger partial charge in [0.1, 0.15) is 17.5 Å². The quantitative estimate of drug-likeness (QED) is 0.719. The van der Waals surface area contributed by atoms with Gasteiger partial charge in [0.15, 0.2) is 0 Å². The van der Waals surface area contributed by atoms with Crippen LogP contribution in [0.3, 0.4) is 0 Å². The highest BCUT2D eigenvalue weighted by Crippen LogP contribution is 2.18. The molecule has 0 bridgehead atoms. The molecule has 124 valence electrons. The first-order valence-electron chi connectivity index (χ1n) is 8.59. The lowest BCUT2D eigenvalue weighted by molar-refractivity contribution is 0.928. The van der Waals surface area contributed by atoms with Gasteiger partial charge in [0, 0.05) is 25.6 Å². The molecule has 0 saturated heterocycles. The van der Waals surface area contributed by atoms with E-state index in [-0.39, 0.29) is 0 Å². The molecule has 1 aromatic heterocycles. The molecule has 2 aromatic carbocycles. The summed E-state index contributed by atoms with van der Waals surface area (Å²) < 4.78 is 0. The smallest absolute Gasteiger partial charge is 0.137 e. The first kappa shape index (κ1) is 15.5. The highest BCUT2D eigenvalue weighted by Gasteiger charge is 2.20. The third-order valence-corrected chi connectivity index (χ3v) is 4.31. The summed E-state index contributed by atoms with van der Waals surface area (Å²) in [6.07, 6.45) is 3.42. The van der Waals surface area contributed by atoms with Gasteiger partial charge in [-0.1, -0.05) is 60.7 Å². The van der Waals surface area contributed by atoms with Crippen molar-refractivity contribution in [2.75, 3.05) is 18.0 Å². The second-order valence-corrected chi connectivity index (χ2v) is 6.11.